The fraction of sp³-hybridized carbons (Fsp3) is 0.531. The number of unbranched alkanes of at least 4 members (excludes halogenated alkanes) is 7. The molecule has 2 aromatic rings. The van der Waals surface area contributed by atoms with Crippen LogP contribution in [0.4, 0.5) is 5.69 Å². The van der Waals surface area contributed by atoms with Gasteiger partial charge in [-0.15, -0.1) is 11.8 Å². The van der Waals surface area contributed by atoms with Gasteiger partial charge in [0.25, 0.3) is 5.91 Å². The molecule has 3 rings (SSSR count). The summed E-state index contributed by atoms with van der Waals surface area (Å²) in [6.07, 6.45) is 12.4. The quantitative estimate of drug-likeness (QED) is 0.251. The number of nitrogens with one attached hydrogen (secondary N) is 1. The van der Waals surface area contributed by atoms with Crippen LogP contribution in [0.3, 0.4) is 0 Å². The maximum absolute atomic E-state index is 13.2. The van der Waals surface area contributed by atoms with Crippen molar-refractivity contribution in [2.75, 3.05) is 17.8 Å². The molecule has 5 heteroatoms. The summed E-state index contributed by atoms with van der Waals surface area (Å²) in [5.74, 6) is 1.69. The molecule has 0 unspecified atom stereocenters. The van der Waals surface area contributed by atoms with Crippen LogP contribution in [-0.4, -0.2) is 23.3 Å². The molecule has 0 aromatic heterocycles. The van der Waals surface area contributed by atoms with Gasteiger partial charge in [0, 0.05) is 24.0 Å². The molecule has 1 heterocycles. The number of carbonyl (C=O) groups excluding carboxylic acids is 1. The van der Waals surface area contributed by atoms with Gasteiger partial charge in [-0.2, -0.15) is 0 Å². The second kappa shape index (κ2) is 14.5. The van der Waals surface area contributed by atoms with Gasteiger partial charge in [0.2, 0.25) is 0 Å². The van der Waals surface area contributed by atoms with Gasteiger partial charge in [-0.3, -0.25) is 4.79 Å². The zero-order chi connectivity index (χ0) is 26.7. The second-order valence-electron chi connectivity index (χ2n) is 11.2. The molecule has 1 aliphatic heterocycles. The fourth-order valence-electron chi connectivity index (χ4n) is 4.61. The molecule has 1 aliphatic rings. The minimum absolute atomic E-state index is 0.0569. The van der Waals surface area contributed by atoms with Crippen LogP contribution in [0.5, 0.6) is 5.75 Å². The summed E-state index contributed by atoms with van der Waals surface area (Å²) in [7, 11) is 0. The molecule has 0 atom stereocenters. The first-order valence-corrected chi connectivity index (χ1v) is 15.0. The number of rotatable bonds is 14. The van der Waals surface area contributed by atoms with Crippen molar-refractivity contribution in [1.82, 2.24) is 4.90 Å². The van der Waals surface area contributed by atoms with E-state index in [4.69, 9.17) is 4.74 Å². The van der Waals surface area contributed by atoms with Crippen molar-refractivity contribution in [3.8, 4) is 5.75 Å². The first kappa shape index (κ1) is 29.2. The van der Waals surface area contributed by atoms with E-state index in [-0.39, 0.29) is 11.3 Å². The summed E-state index contributed by atoms with van der Waals surface area (Å²) in [5, 5.41) is 3.09. The highest BCUT2D eigenvalue weighted by Gasteiger charge is 2.21. The summed E-state index contributed by atoms with van der Waals surface area (Å²) in [5.41, 5.74) is 3.70. The zero-order valence-electron chi connectivity index (χ0n) is 23.6. The van der Waals surface area contributed by atoms with E-state index in [9.17, 15) is 4.79 Å². The molecule has 0 saturated heterocycles. The monoisotopic (exact) mass is 522 g/mol. The van der Waals surface area contributed by atoms with Crippen molar-refractivity contribution >= 4 is 23.4 Å². The standard InChI is InChI=1S/C32H46N2O2S/c1-6-7-8-9-10-11-12-13-19-36-30-21-27(17-18-29(30)32(3,4)5)31(35)33-28-16-14-15-26(20-28)23-34-22-25(2)37-24-34/h14-18,20-22H,6-13,19,23-24H2,1-5H3,(H,33,35). The molecule has 0 bridgehead atoms. The number of ether oxygens (including phenoxy) is 1. The first-order valence-electron chi connectivity index (χ1n) is 14.0. The van der Waals surface area contributed by atoms with Gasteiger partial charge >= 0.3 is 0 Å². The molecule has 0 aliphatic carbocycles. The Balaban J connectivity index is 1.58. The number of allylic oxidation sites excluding steroid dienone is 1. The highest BCUT2D eigenvalue weighted by atomic mass is 32.2. The summed E-state index contributed by atoms with van der Waals surface area (Å²) >= 11 is 1.86. The summed E-state index contributed by atoms with van der Waals surface area (Å²) in [6, 6.07) is 14.0. The van der Waals surface area contributed by atoms with Gasteiger partial charge in [-0.25, -0.2) is 0 Å². The van der Waals surface area contributed by atoms with Gasteiger partial charge in [0.05, 0.1) is 12.5 Å². The maximum atomic E-state index is 13.2. The molecule has 0 saturated carbocycles. The number of carbonyl (C=O) groups is 1. The van der Waals surface area contributed by atoms with Crippen LogP contribution >= 0.6 is 11.8 Å². The summed E-state index contributed by atoms with van der Waals surface area (Å²) < 4.78 is 6.26. The fourth-order valence-corrected chi connectivity index (χ4v) is 5.37. The molecular formula is C32H46N2O2S. The van der Waals surface area contributed by atoms with Gasteiger partial charge in [0.15, 0.2) is 0 Å². The maximum Gasteiger partial charge on any atom is 0.255 e. The van der Waals surface area contributed by atoms with E-state index in [1.165, 1.54) is 55.4 Å². The molecule has 2 aromatic carbocycles. The van der Waals surface area contributed by atoms with Gasteiger partial charge in [-0.05, 0) is 59.1 Å². The van der Waals surface area contributed by atoms with Crippen molar-refractivity contribution < 1.29 is 9.53 Å². The Labute approximate surface area is 229 Å². The number of nitrogens with zero attached hydrogens (tertiary/aromatic N) is 1. The normalized spacial score (nSPS) is 13.5. The molecule has 0 radical (unpaired) electrons. The van der Waals surface area contributed by atoms with Crippen molar-refractivity contribution in [3.63, 3.8) is 0 Å². The largest absolute Gasteiger partial charge is 0.493 e. The number of hydrogen-bond acceptors (Lipinski definition) is 4. The third-order valence-electron chi connectivity index (χ3n) is 6.70. The second-order valence-corrected chi connectivity index (χ2v) is 12.4. The smallest absolute Gasteiger partial charge is 0.255 e. The SMILES string of the molecule is CCCCCCCCCCOc1cc(C(=O)Nc2cccc(CN3C=C(C)SC3)c2)ccc1C(C)(C)C. The highest BCUT2D eigenvalue weighted by Crippen LogP contribution is 2.33. The average molecular weight is 523 g/mol. The highest BCUT2D eigenvalue weighted by molar-refractivity contribution is 8.03. The molecule has 1 N–H and O–H groups in total. The molecule has 4 nitrogen and oxygen atoms in total. The van der Waals surface area contributed by atoms with Crippen LogP contribution in [-0.2, 0) is 12.0 Å². The Morgan fingerprint density at radius 1 is 1.00 bits per heavy atom. The number of amides is 1. The Hall–Kier alpha value is -2.40. The van der Waals surface area contributed by atoms with Gasteiger partial charge in [-0.1, -0.05) is 90.8 Å². The minimum Gasteiger partial charge on any atom is -0.493 e. The Kier molecular flexibility index (Phi) is 11.4. The average Bonchev–Trinajstić information content (AvgIpc) is 3.26. The lowest BCUT2D eigenvalue weighted by molar-refractivity contribution is 0.102. The third-order valence-corrected chi connectivity index (χ3v) is 7.72. The van der Waals surface area contributed by atoms with Crippen LogP contribution in [0.2, 0.25) is 0 Å². The van der Waals surface area contributed by atoms with Crippen molar-refractivity contribution in [2.45, 2.75) is 97.9 Å². The van der Waals surface area contributed by atoms with Crippen LogP contribution in [0.1, 0.15) is 107 Å². The van der Waals surface area contributed by atoms with Crippen molar-refractivity contribution in [1.29, 1.82) is 0 Å². The van der Waals surface area contributed by atoms with E-state index in [1.807, 2.05) is 42.1 Å². The van der Waals surface area contributed by atoms with Gasteiger partial charge < -0.3 is 15.0 Å². The predicted octanol–water partition coefficient (Wildman–Crippen LogP) is 9.12. The predicted molar refractivity (Wildman–Crippen MR) is 159 cm³/mol. The van der Waals surface area contributed by atoms with E-state index in [0.29, 0.717) is 12.2 Å². The lowest BCUT2D eigenvalue weighted by Gasteiger charge is -2.23. The van der Waals surface area contributed by atoms with Crippen LogP contribution in [0.25, 0.3) is 0 Å². The third kappa shape index (κ3) is 9.77. The molecule has 0 spiro atoms. The van der Waals surface area contributed by atoms with E-state index in [0.717, 1.165) is 35.8 Å². The zero-order valence-corrected chi connectivity index (χ0v) is 24.4. The Morgan fingerprint density at radius 3 is 2.41 bits per heavy atom. The Morgan fingerprint density at radius 2 is 1.73 bits per heavy atom. The van der Waals surface area contributed by atoms with E-state index < -0.39 is 0 Å². The van der Waals surface area contributed by atoms with E-state index in [2.05, 4.69) is 63.2 Å². The minimum atomic E-state index is -0.109. The van der Waals surface area contributed by atoms with Crippen LogP contribution in [0.15, 0.2) is 53.6 Å². The topological polar surface area (TPSA) is 41.6 Å². The number of thioether (sulfide) groups is 1. The lowest BCUT2D eigenvalue weighted by atomic mass is 9.85. The van der Waals surface area contributed by atoms with Gasteiger partial charge in [0.1, 0.15) is 5.75 Å². The molecule has 0 fully saturated rings. The molecule has 1 amide bonds. The number of anilines is 1. The van der Waals surface area contributed by atoms with E-state index in [1.54, 1.807) is 0 Å². The lowest BCUT2D eigenvalue weighted by Crippen LogP contribution is -2.17. The number of hydrogen-bond donors (Lipinski definition) is 1. The molecule has 37 heavy (non-hydrogen) atoms. The van der Waals surface area contributed by atoms with Crippen molar-refractivity contribution in [2.24, 2.45) is 0 Å². The van der Waals surface area contributed by atoms with E-state index >= 15 is 0 Å². The van der Waals surface area contributed by atoms with Crippen LogP contribution in [0, 0.1) is 0 Å². The van der Waals surface area contributed by atoms with Crippen molar-refractivity contribution in [3.05, 3.63) is 70.3 Å². The first-order chi connectivity index (χ1) is 17.8. The Bertz CT molecular complexity index is 1040. The number of benzene rings is 2. The summed E-state index contributed by atoms with van der Waals surface area (Å²) in [4.78, 5) is 16.8. The van der Waals surface area contributed by atoms with Crippen LogP contribution < -0.4 is 10.1 Å². The summed E-state index contributed by atoms with van der Waals surface area (Å²) in [6.45, 7) is 12.5. The molecule has 202 valence electrons. The molecular weight excluding hydrogens is 476 g/mol.